The summed E-state index contributed by atoms with van der Waals surface area (Å²) >= 11 is 5.89. The molecule has 1 aromatic heterocycles. The first-order valence-electron chi connectivity index (χ1n) is 7.62. The van der Waals surface area contributed by atoms with Gasteiger partial charge in [0.25, 0.3) is 0 Å². The van der Waals surface area contributed by atoms with Gasteiger partial charge in [0.2, 0.25) is 10.0 Å². The molecule has 2 aromatic carbocycles. The van der Waals surface area contributed by atoms with Gasteiger partial charge in [0.05, 0.1) is 17.5 Å². The summed E-state index contributed by atoms with van der Waals surface area (Å²) in [5.41, 5.74) is 0.667. The maximum absolute atomic E-state index is 13.2. The Morgan fingerprint density at radius 1 is 1.16 bits per heavy atom. The van der Waals surface area contributed by atoms with E-state index in [2.05, 4.69) is 4.98 Å². The van der Waals surface area contributed by atoms with E-state index in [1.807, 2.05) is 6.07 Å². The fraction of sp³-hybridized carbons (Fsp3) is 0.167. The number of nitrogens with zero attached hydrogens (tertiary/aromatic N) is 2. The molecule has 0 fully saturated rings. The summed E-state index contributed by atoms with van der Waals surface area (Å²) in [6.07, 6.45) is 3.18. The van der Waals surface area contributed by atoms with Crippen molar-refractivity contribution in [3.8, 4) is 0 Å². The fourth-order valence-corrected chi connectivity index (χ4v) is 4.43. The van der Waals surface area contributed by atoms with Gasteiger partial charge in [-0.05, 0) is 29.8 Å². The summed E-state index contributed by atoms with van der Waals surface area (Å²) in [5.74, 6) is 0. The smallest absolute Gasteiger partial charge is 0.244 e. The first-order valence-corrected chi connectivity index (χ1v) is 9.44. The number of hydrogen-bond acceptors (Lipinski definition) is 4. The zero-order valence-electron chi connectivity index (χ0n) is 13.5. The van der Waals surface area contributed by atoms with Crippen molar-refractivity contribution in [2.75, 3.05) is 13.7 Å². The minimum absolute atomic E-state index is 0.183. The van der Waals surface area contributed by atoms with Crippen LogP contribution >= 0.6 is 11.6 Å². The SMILES string of the molecule is CN(C(CO)c1ccc(Cl)cc1)S(=O)(=O)c1cccc2cnccc12. The van der Waals surface area contributed by atoms with Crippen LogP contribution in [0.2, 0.25) is 5.02 Å². The Morgan fingerprint density at radius 3 is 2.56 bits per heavy atom. The van der Waals surface area contributed by atoms with Crippen LogP contribution in [0.1, 0.15) is 11.6 Å². The topological polar surface area (TPSA) is 70.5 Å². The molecule has 0 spiro atoms. The van der Waals surface area contributed by atoms with Crippen molar-refractivity contribution in [3.05, 3.63) is 71.5 Å². The third kappa shape index (κ3) is 3.39. The summed E-state index contributed by atoms with van der Waals surface area (Å²) in [5, 5.41) is 11.7. The standard InChI is InChI=1S/C18H17ClN2O3S/c1-21(17(12-22)13-5-7-15(19)8-6-13)25(23,24)18-4-2-3-14-11-20-10-9-16(14)18/h2-11,17,22H,12H2,1H3. The van der Waals surface area contributed by atoms with Crippen molar-refractivity contribution in [2.24, 2.45) is 0 Å². The molecule has 1 atom stereocenters. The lowest BCUT2D eigenvalue weighted by Gasteiger charge is -2.27. The van der Waals surface area contributed by atoms with E-state index in [-0.39, 0.29) is 11.5 Å². The van der Waals surface area contributed by atoms with Gasteiger partial charge in [0, 0.05) is 35.2 Å². The Labute approximate surface area is 151 Å². The third-order valence-electron chi connectivity index (χ3n) is 4.16. The number of likely N-dealkylation sites (N-methyl/N-ethyl adjacent to an activating group) is 1. The van der Waals surface area contributed by atoms with E-state index in [0.717, 1.165) is 5.39 Å². The molecule has 0 aliphatic carbocycles. The van der Waals surface area contributed by atoms with Gasteiger partial charge >= 0.3 is 0 Å². The maximum Gasteiger partial charge on any atom is 0.244 e. The van der Waals surface area contributed by atoms with Crippen molar-refractivity contribution in [1.29, 1.82) is 0 Å². The lowest BCUT2D eigenvalue weighted by atomic mass is 10.1. The number of halogens is 1. The van der Waals surface area contributed by atoms with E-state index in [9.17, 15) is 13.5 Å². The number of aliphatic hydroxyl groups is 1. The lowest BCUT2D eigenvalue weighted by Crippen LogP contribution is -2.33. The predicted molar refractivity (Wildman–Crippen MR) is 98.0 cm³/mol. The number of pyridine rings is 1. The molecule has 0 aliphatic heterocycles. The zero-order valence-corrected chi connectivity index (χ0v) is 15.1. The van der Waals surface area contributed by atoms with Crippen molar-refractivity contribution < 1.29 is 13.5 Å². The molecule has 7 heteroatoms. The largest absolute Gasteiger partial charge is 0.394 e. The highest BCUT2D eigenvalue weighted by Crippen LogP contribution is 2.30. The molecule has 25 heavy (non-hydrogen) atoms. The molecule has 0 radical (unpaired) electrons. The highest BCUT2D eigenvalue weighted by atomic mass is 35.5. The van der Waals surface area contributed by atoms with Gasteiger partial charge in [-0.1, -0.05) is 35.9 Å². The number of benzene rings is 2. The van der Waals surface area contributed by atoms with E-state index in [0.29, 0.717) is 16.0 Å². The van der Waals surface area contributed by atoms with Gasteiger partial charge < -0.3 is 5.11 Å². The van der Waals surface area contributed by atoms with E-state index in [1.54, 1.807) is 54.9 Å². The molecule has 1 N–H and O–H groups in total. The molecule has 0 saturated heterocycles. The molecule has 3 aromatic rings. The Morgan fingerprint density at radius 2 is 1.88 bits per heavy atom. The molecular weight excluding hydrogens is 360 g/mol. The summed E-state index contributed by atoms with van der Waals surface area (Å²) in [4.78, 5) is 4.21. The number of fused-ring (bicyclic) bond motifs is 1. The second kappa shape index (κ2) is 7.09. The molecular formula is C18H17ClN2O3S. The molecule has 0 saturated carbocycles. The van der Waals surface area contributed by atoms with Crippen LogP contribution in [0.15, 0.2) is 65.8 Å². The summed E-state index contributed by atoms with van der Waals surface area (Å²) in [6, 6.07) is 12.8. The van der Waals surface area contributed by atoms with Gasteiger partial charge in [-0.3, -0.25) is 4.98 Å². The van der Waals surface area contributed by atoms with Crippen molar-refractivity contribution in [2.45, 2.75) is 10.9 Å². The minimum Gasteiger partial charge on any atom is -0.394 e. The van der Waals surface area contributed by atoms with Crippen LogP contribution in [0.4, 0.5) is 0 Å². The average molecular weight is 377 g/mol. The number of rotatable bonds is 5. The van der Waals surface area contributed by atoms with E-state index >= 15 is 0 Å². The highest BCUT2D eigenvalue weighted by Gasteiger charge is 2.30. The first kappa shape index (κ1) is 17.8. The minimum atomic E-state index is -3.82. The summed E-state index contributed by atoms with van der Waals surface area (Å²) in [7, 11) is -2.36. The van der Waals surface area contributed by atoms with Crippen LogP contribution in [-0.4, -0.2) is 36.5 Å². The molecule has 0 amide bonds. The Kier molecular flexibility index (Phi) is 5.06. The van der Waals surface area contributed by atoms with Crippen LogP contribution in [0, 0.1) is 0 Å². The molecule has 0 aliphatic rings. The summed E-state index contributed by atoms with van der Waals surface area (Å²) < 4.78 is 27.5. The van der Waals surface area contributed by atoms with Crippen LogP contribution in [0.5, 0.6) is 0 Å². The number of aliphatic hydroxyl groups excluding tert-OH is 1. The van der Waals surface area contributed by atoms with Crippen LogP contribution in [0.3, 0.4) is 0 Å². The van der Waals surface area contributed by atoms with Crippen molar-refractivity contribution in [1.82, 2.24) is 9.29 Å². The monoisotopic (exact) mass is 376 g/mol. The van der Waals surface area contributed by atoms with Crippen LogP contribution in [-0.2, 0) is 10.0 Å². The molecule has 0 bridgehead atoms. The fourth-order valence-electron chi connectivity index (χ4n) is 2.76. The van der Waals surface area contributed by atoms with E-state index < -0.39 is 16.1 Å². The molecule has 5 nitrogen and oxygen atoms in total. The van der Waals surface area contributed by atoms with Crippen molar-refractivity contribution >= 4 is 32.4 Å². The first-order chi connectivity index (χ1) is 11.9. The normalized spacial score (nSPS) is 13.3. The third-order valence-corrected chi connectivity index (χ3v) is 6.34. The van der Waals surface area contributed by atoms with Gasteiger partial charge in [0.15, 0.2) is 0 Å². The van der Waals surface area contributed by atoms with Crippen LogP contribution in [0.25, 0.3) is 10.8 Å². The number of aromatic nitrogens is 1. The Hall–Kier alpha value is -1.99. The second-order valence-corrected chi connectivity index (χ2v) is 8.03. The Bertz CT molecular complexity index is 985. The van der Waals surface area contributed by atoms with E-state index in [4.69, 9.17) is 11.6 Å². The van der Waals surface area contributed by atoms with Crippen LogP contribution < -0.4 is 0 Å². The number of sulfonamides is 1. The molecule has 1 unspecified atom stereocenters. The quantitative estimate of drug-likeness (QED) is 0.742. The zero-order chi connectivity index (χ0) is 18.0. The lowest BCUT2D eigenvalue weighted by molar-refractivity contribution is 0.204. The van der Waals surface area contributed by atoms with Gasteiger partial charge in [-0.2, -0.15) is 4.31 Å². The van der Waals surface area contributed by atoms with Gasteiger partial charge in [0.1, 0.15) is 0 Å². The Balaban J connectivity index is 2.07. The molecule has 3 rings (SSSR count). The maximum atomic E-state index is 13.2. The predicted octanol–water partition coefficient (Wildman–Crippen LogP) is 3.24. The second-order valence-electron chi connectivity index (χ2n) is 5.62. The molecule has 130 valence electrons. The van der Waals surface area contributed by atoms with Gasteiger partial charge in [-0.15, -0.1) is 0 Å². The number of hydrogen-bond donors (Lipinski definition) is 1. The highest BCUT2D eigenvalue weighted by molar-refractivity contribution is 7.89. The summed E-state index contributed by atoms with van der Waals surface area (Å²) in [6.45, 7) is -0.344. The van der Waals surface area contributed by atoms with E-state index in [1.165, 1.54) is 11.4 Å². The average Bonchev–Trinajstić information content (AvgIpc) is 2.63. The van der Waals surface area contributed by atoms with Crippen molar-refractivity contribution in [3.63, 3.8) is 0 Å². The van der Waals surface area contributed by atoms with Gasteiger partial charge in [-0.25, -0.2) is 8.42 Å². The molecule has 1 heterocycles.